The molecular formula is C15H26IN5O. The summed E-state index contributed by atoms with van der Waals surface area (Å²) in [6, 6.07) is 0. The maximum absolute atomic E-state index is 5.12. The molecule has 7 heteroatoms. The standard InChI is InChI=1S/C15H25N5O.HI/c1-12-18-13(21-19-12)5-3-9-17-14(16-2)20-10-8-15(11-20)6-4-7-15;/h3-11H2,1-2H3,(H,16,17);1H. The van der Waals surface area contributed by atoms with Gasteiger partial charge in [-0.15, -0.1) is 24.0 Å². The summed E-state index contributed by atoms with van der Waals surface area (Å²) in [7, 11) is 1.87. The molecule has 0 atom stereocenters. The molecule has 2 heterocycles. The maximum atomic E-state index is 5.12. The van der Waals surface area contributed by atoms with Gasteiger partial charge in [0.2, 0.25) is 5.89 Å². The molecule has 0 amide bonds. The minimum absolute atomic E-state index is 0. The third-order valence-corrected chi connectivity index (χ3v) is 4.78. The van der Waals surface area contributed by atoms with E-state index in [2.05, 4.69) is 25.3 Å². The van der Waals surface area contributed by atoms with Gasteiger partial charge in [-0.1, -0.05) is 11.6 Å². The van der Waals surface area contributed by atoms with E-state index < -0.39 is 0 Å². The van der Waals surface area contributed by atoms with Crippen molar-refractivity contribution in [2.75, 3.05) is 26.7 Å². The number of likely N-dealkylation sites (tertiary alicyclic amines) is 1. The minimum atomic E-state index is 0. The Hall–Kier alpha value is -0.860. The third-order valence-electron chi connectivity index (χ3n) is 4.78. The second-order valence-electron chi connectivity index (χ2n) is 6.34. The van der Waals surface area contributed by atoms with Crippen LogP contribution in [0.15, 0.2) is 9.52 Å². The second-order valence-corrected chi connectivity index (χ2v) is 6.34. The zero-order valence-corrected chi connectivity index (χ0v) is 15.8. The summed E-state index contributed by atoms with van der Waals surface area (Å²) in [5.41, 5.74) is 0.610. The first-order valence-electron chi connectivity index (χ1n) is 7.96. The van der Waals surface area contributed by atoms with E-state index >= 15 is 0 Å². The average Bonchev–Trinajstić information content (AvgIpc) is 3.05. The van der Waals surface area contributed by atoms with Crippen LogP contribution in [-0.4, -0.2) is 47.7 Å². The van der Waals surface area contributed by atoms with E-state index in [1.54, 1.807) is 0 Å². The molecule has 0 bridgehead atoms. The predicted octanol–water partition coefficient (Wildman–Crippen LogP) is 2.38. The Morgan fingerprint density at radius 1 is 1.41 bits per heavy atom. The van der Waals surface area contributed by atoms with Gasteiger partial charge in [0.05, 0.1) is 0 Å². The first-order chi connectivity index (χ1) is 10.2. The minimum Gasteiger partial charge on any atom is -0.356 e. The fourth-order valence-electron chi connectivity index (χ4n) is 3.41. The summed E-state index contributed by atoms with van der Waals surface area (Å²) in [4.78, 5) is 11.1. The lowest BCUT2D eigenvalue weighted by atomic mass is 9.68. The molecule has 2 aliphatic rings. The molecule has 6 nitrogen and oxygen atoms in total. The lowest BCUT2D eigenvalue weighted by molar-refractivity contribution is 0.151. The molecule has 0 unspecified atom stereocenters. The summed E-state index contributed by atoms with van der Waals surface area (Å²) in [6.45, 7) is 5.05. The van der Waals surface area contributed by atoms with Crippen molar-refractivity contribution in [1.29, 1.82) is 0 Å². The number of hydrogen-bond acceptors (Lipinski definition) is 4. The van der Waals surface area contributed by atoms with E-state index in [9.17, 15) is 0 Å². The molecule has 3 rings (SSSR count). The number of guanidine groups is 1. The van der Waals surface area contributed by atoms with E-state index in [0.29, 0.717) is 11.2 Å². The van der Waals surface area contributed by atoms with Crippen LogP contribution in [0.1, 0.15) is 43.8 Å². The van der Waals surface area contributed by atoms with Crippen LogP contribution in [0.3, 0.4) is 0 Å². The molecule has 1 saturated heterocycles. The van der Waals surface area contributed by atoms with Crippen LogP contribution in [0.25, 0.3) is 0 Å². The highest BCUT2D eigenvalue weighted by Crippen LogP contribution is 2.47. The van der Waals surface area contributed by atoms with E-state index in [-0.39, 0.29) is 24.0 Å². The zero-order valence-electron chi connectivity index (χ0n) is 13.5. The number of aryl methyl sites for hydroxylation is 2. The van der Waals surface area contributed by atoms with Gasteiger partial charge < -0.3 is 14.7 Å². The van der Waals surface area contributed by atoms with Gasteiger partial charge in [-0.2, -0.15) is 4.98 Å². The zero-order chi connectivity index (χ0) is 14.7. The molecule has 2 fully saturated rings. The first-order valence-corrected chi connectivity index (χ1v) is 7.96. The van der Waals surface area contributed by atoms with Gasteiger partial charge in [-0.25, -0.2) is 0 Å². The number of aromatic nitrogens is 2. The van der Waals surface area contributed by atoms with E-state index in [4.69, 9.17) is 4.52 Å². The fourth-order valence-corrected chi connectivity index (χ4v) is 3.41. The average molecular weight is 419 g/mol. The number of nitrogens with zero attached hydrogens (tertiary/aromatic N) is 4. The molecule has 0 radical (unpaired) electrons. The van der Waals surface area contributed by atoms with Crippen molar-refractivity contribution in [3.63, 3.8) is 0 Å². The summed E-state index contributed by atoms with van der Waals surface area (Å²) >= 11 is 0. The van der Waals surface area contributed by atoms with Crippen LogP contribution >= 0.6 is 24.0 Å². The van der Waals surface area contributed by atoms with Crippen LogP contribution in [0, 0.1) is 12.3 Å². The predicted molar refractivity (Wildman–Crippen MR) is 96.6 cm³/mol. The summed E-state index contributed by atoms with van der Waals surface area (Å²) < 4.78 is 5.12. The highest BCUT2D eigenvalue weighted by Gasteiger charge is 2.43. The molecule has 124 valence electrons. The summed E-state index contributed by atoms with van der Waals surface area (Å²) in [5, 5.41) is 7.26. The monoisotopic (exact) mass is 419 g/mol. The molecule has 22 heavy (non-hydrogen) atoms. The van der Waals surface area contributed by atoms with Crippen molar-refractivity contribution in [1.82, 2.24) is 20.4 Å². The van der Waals surface area contributed by atoms with Gasteiger partial charge in [0, 0.05) is 33.1 Å². The lowest BCUT2D eigenvalue weighted by Crippen LogP contribution is -2.42. The van der Waals surface area contributed by atoms with Gasteiger partial charge >= 0.3 is 0 Å². The van der Waals surface area contributed by atoms with Gasteiger partial charge in [-0.05, 0) is 38.0 Å². The van der Waals surface area contributed by atoms with Crippen molar-refractivity contribution in [3.05, 3.63) is 11.7 Å². The van der Waals surface area contributed by atoms with Gasteiger partial charge in [-0.3, -0.25) is 4.99 Å². The lowest BCUT2D eigenvalue weighted by Gasteiger charge is -2.38. The normalized spacial score (nSPS) is 19.9. The summed E-state index contributed by atoms with van der Waals surface area (Å²) in [5.74, 6) is 2.47. The van der Waals surface area contributed by atoms with Crippen LogP contribution in [0.2, 0.25) is 0 Å². The number of halogens is 1. The number of rotatable bonds is 4. The van der Waals surface area contributed by atoms with Crippen molar-refractivity contribution in [2.45, 2.75) is 45.4 Å². The summed E-state index contributed by atoms with van der Waals surface area (Å²) in [6.07, 6.45) is 7.32. The molecular weight excluding hydrogens is 393 g/mol. The van der Waals surface area contributed by atoms with Crippen LogP contribution < -0.4 is 5.32 Å². The molecule has 1 aromatic heterocycles. The smallest absolute Gasteiger partial charge is 0.226 e. The Labute approximate surface area is 149 Å². The van der Waals surface area contributed by atoms with Crippen molar-refractivity contribution in [3.8, 4) is 0 Å². The maximum Gasteiger partial charge on any atom is 0.226 e. The third kappa shape index (κ3) is 3.91. The number of aliphatic imine (C=N–C) groups is 1. The fraction of sp³-hybridized carbons (Fsp3) is 0.800. The van der Waals surface area contributed by atoms with E-state index in [1.165, 1.54) is 32.2 Å². The molecule has 1 saturated carbocycles. The molecule has 1 spiro atoms. The Kier molecular flexibility index (Phi) is 6.05. The van der Waals surface area contributed by atoms with Gasteiger partial charge in [0.25, 0.3) is 0 Å². The SMILES string of the molecule is CN=C(NCCCc1nc(C)no1)N1CCC2(CCC2)C1.I. The van der Waals surface area contributed by atoms with Crippen molar-refractivity contribution >= 4 is 29.9 Å². The van der Waals surface area contributed by atoms with E-state index in [1.807, 2.05) is 14.0 Å². The van der Waals surface area contributed by atoms with Crippen LogP contribution in [0.4, 0.5) is 0 Å². The molecule has 1 N–H and O–H groups in total. The Morgan fingerprint density at radius 2 is 2.23 bits per heavy atom. The van der Waals surface area contributed by atoms with Crippen molar-refractivity contribution < 1.29 is 4.52 Å². The molecule has 1 aliphatic heterocycles. The Morgan fingerprint density at radius 3 is 2.77 bits per heavy atom. The van der Waals surface area contributed by atoms with Crippen molar-refractivity contribution in [2.24, 2.45) is 10.4 Å². The topological polar surface area (TPSA) is 66.5 Å². The Balaban J connectivity index is 0.00000176. The number of hydrogen-bond donors (Lipinski definition) is 1. The highest BCUT2D eigenvalue weighted by atomic mass is 127. The number of nitrogens with one attached hydrogen (secondary N) is 1. The highest BCUT2D eigenvalue weighted by molar-refractivity contribution is 14.0. The van der Waals surface area contributed by atoms with Gasteiger partial charge in [0.15, 0.2) is 11.8 Å². The van der Waals surface area contributed by atoms with Gasteiger partial charge in [0.1, 0.15) is 0 Å². The second kappa shape index (κ2) is 7.61. The first kappa shape index (κ1) is 17.5. The van der Waals surface area contributed by atoms with Crippen LogP contribution in [0.5, 0.6) is 0 Å². The molecule has 0 aromatic carbocycles. The quantitative estimate of drug-likeness (QED) is 0.351. The molecule has 1 aromatic rings. The largest absolute Gasteiger partial charge is 0.356 e. The molecule has 1 aliphatic carbocycles. The van der Waals surface area contributed by atoms with E-state index in [0.717, 1.165) is 37.8 Å². The Bertz CT molecular complexity index is 512. The van der Waals surface area contributed by atoms with Crippen LogP contribution in [-0.2, 0) is 6.42 Å².